The van der Waals surface area contributed by atoms with Crippen LogP contribution in [0, 0.1) is 5.41 Å². The number of thiazole rings is 1. The highest BCUT2D eigenvalue weighted by atomic mass is 32.2. The van der Waals surface area contributed by atoms with Crippen LogP contribution in [0.5, 0.6) is 5.75 Å². The fourth-order valence-corrected chi connectivity index (χ4v) is 6.04. The minimum absolute atomic E-state index is 0.0166. The molecule has 164 valence electrons. The molecule has 0 aliphatic carbocycles. The molecule has 32 heavy (non-hydrogen) atoms. The minimum atomic E-state index is 0.0166. The predicted octanol–water partition coefficient (Wildman–Crippen LogP) is 4.56. The average molecular weight is 484 g/mol. The molecule has 2 N–H and O–H groups in total. The number of fused-ring (bicyclic) bond motifs is 2. The monoisotopic (exact) mass is 483 g/mol. The van der Waals surface area contributed by atoms with E-state index in [4.69, 9.17) is 10.1 Å². The summed E-state index contributed by atoms with van der Waals surface area (Å²) in [6.07, 6.45) is 1.92. The summed E-state index contributed by atoms with van der Waals surface area (Å²) in [5.41, 5.74) is 5.26. The average Bonchev–Trinajstić information content (AvgIpc) is 3.39. The molecule has 0 unspecified atom stereocenters. The van der Waals surface area contributed by atoms with Crippen LogP contribution >= 0.6 is 35.2 Å². The second kappa shape index (κ2) is 9.14. The molecular weight excluding hydrogens is 462 g/mol. The number of aromatic nitrogens is 1. The zero-order valence-electron chi connectivity index (χ0n) is 17.3. The number of nitrogens with zero attached hydrogens (tertiary/aromatic N) is 3. The molecule has 1 amide bonds. The van der Waals surface area contributed by atoms with Crippen LogP contribution in [0.3, 0.4) is 0 Å². The van der Waals surface area contributed by atoms with Crippen LogP contribution in [0.15, 0.2) is 63.5 Å². The summed E-state index contributed by atoms with van der Waals surface area (Å²) in [6, 6.07) is 12.1. The van der Waals surface area contributed by atoms with Crippen LogP contribution < -0.4 is 14.4 Å². The van der Waals surface area contributed by atoms with Gasteiger partial charge in [0.1, 0.15) is 12.4 Å². The van der Waals surface area contributed by atoms with Gasteiger partial charge in [-0.2, -0.15) is 0 Å². The van der Waals surface area contributed by atoms with Crippen molar-refractivity contribution in [1.29, 1.82) is 5.41 Å². The standard InChI is InChI=1S/C22H21N5O2S3/c1-14(28)27-6-7-29-21-5-3-17(8-20(21)27)32-26-11-15(18(23)12-26)10-25-31-16-2-4-19-22(9-16)30-13-24-19/h2-5,8-10,13,23,25H,6-7,11-12H2,1H3/b15-10-,23-18?. The van der Waals surface area contributed by atoms with Crippen LogP contribution in [0.4, 0.5) is 5.69 Å². The first-order chi connectivity index (χ1) is 15.6. The third-order valence-corrected chi connectivity index (χ3v) is 7.69. The highest BCUT2D eigenvalue weighted by Crippen LogP contribution is 2.37. The number of benzene rings is 2. The van der Waals surface area contributed by atoms with Crippen LogP contribution in [0.1, 0.15) is 6.92 Å². The number of amides is 1. The highest BCUT2D eigenvalue weighted by molar-refractivity contribution is 7.97. The maximum atomic E-state index is 12.0. The maximum absolute atomic E-state index is 12.0. The summed E-state index contributed by atoms with van der Waals surface area (Å²) in [5.74, 6) is 0.756. The summed E-state index contributed by atoms with van der Waals surface area (Å²) in [4.78, 5) is 20.2. The molecule has 2 aliphatic heterocycles. The van der Waals surface area contributed by atoms with Gasteiger partial charge in [-0.05, 0) is 60.3 Å². The van der Waals surface area contributed by atoms with Gasteiger partial charge in [0.2, 0.25) is 5.91 Å². The number of carbonyl (C=O) groups is 1. The van der Waals surface area contributed by atoms with Gasteiger partial charge in [0, 0.05) is 35.0 Å². The Bertz CT molecular complexity index is 1230. The van der Waals surface area contributed by atoms with E-state index in [-0.39, 0.29) is 5.91 Å². The molecule has 10 heteroatoms. The molecule has 0 saturated carbocycles. The van der Waals surface area contributed by atoms with Gasteiger partial charge in [-0.3, -0.25) is 4.79 Å². The Kier molecular flexibility index (Phi) is 6.09. The van der Waals surface area contributed by atoms with Gasteiger partial charge in [-0.15, -0.1) is 11.3 Å². The number of hydrogen-bond donors (Lipinski definition) is 2. The van der Waals surface area contributed by atoms with Crippen LogP contribution in [0.25, 0.3) is 10.2 Å². The van der Waals surface area contributed by atoms with E-state index in [0.29, 0.717) is 32.0 Å². The Morgan fingerprint density at radius 3 is 3.00 bits per heavy atom. The van der Waals surface area contributed by atoms with E-state index < -0.39 is 0 Å². The van der Waals surface area contributed by atoms with Crippen molar-refractivity contribution >= 4 is 62.8 Å². The summed E-state index contributed by atoms with van der Waals surface area (Å²) in [5, 5.41) is 8.36. The Hall–Kier alpha value is -2.53. The van der Waals surface area contributed by atoms with Crippen molar-refractivity contribution in [2.75, 3.05) is 31.1 Å². The second-order valence-corrected chi connectivity index (χ2v) is 10.4. The predicted molar refractivity (Wildman–Crippen MR) is 132 cm³/mol. The van der Waals surface area contributed by atoms with Gasteiger partial charge in [0.05, 0.1) is 40.2 Å². The molecule has 0 spiro atoms. The lowest BCUT2D eigenvalue weighted by atomic mass is 10.2. The molecule has 3 aromatic rings. The molecule has 5 rings (SSSR count). The molecule has 2 aromatic carbocycles. The molecule has 1 fully saturated rings. The van der Waals surface area contributed by atoms with E-state index >= 15 is 0 Å². The van der Waals surface area contributed by atoms with E-state index in [1.165, 1.54) is 16.6 Å². The summed E-state index contributed by atoms with van der Waals surface area (Å²) in [7, 11) is 0. The van der Waals surface area contributed by atoms with Gasteiger partial charge in [0.25, 0.3) is 0 Å². The van der Waals surface area contributed by atoms with Crippen LogP contribution in [-0.2, 0) is 4.79 Å². The fraction of sp³-hybridized carbons (Fsp3) is 0.227. The highest BCUT2D eigenvalue weighted by Gasteiger charge is 2.25. The molecule has 1 saturated heterocycles. The lowest BCUT2D eigenvalue weighted by Crippen LogP contribution is -2.36. The van der Waals surface area contributed by atoms with Gasteiger partial charge in [0.15, 0.2) is 0 Å². The summed E-state index contributed by atoms with van der Waals surface area (Å²) >= 11 is 4.76. The van der Waals surface area contributed by atoms with Gasteiger partial charge < -0.3 is 19.8 Å². The zero-order valence-corrected chi connectivity index (χ0v) is 19.8. The Labute approximate surface area is 198 Å². The van der Waals surface area contributed by atoms with Gasteiger partial charge in [-0.25, -0.2) is 9.29 Å². The Morgan fingerprint density at radius 2 is 2.12 bits per heavy atom. The van der Waals surface area contributed by atoms with E-state index in [2.05, 4.69) is 20.1 Å². The van der Waals surface area contributed by atoms with Crippen LogP contribution in [0.2, 0.25) is 0 Å². The third-order valence-electron chi connectivity index (χ3n) is 5.19. The number of ether oxygens (including phenoxy) is 1. The molecule has 2 aliphatic rings. The first kappa shape index (κ1) is 21.3. The first-order valence-electron chi connectivity index (χ1n) is 10.1. The topological polar surface area (TPSA) is 81.5 Å². The van der Waals surface area contributed by atoms with Crippen molar-refractivity contribution < 1.29 is 9.53 Å². The Balaban J connectivity index is 1.22. The molecule has 3 heterocycles. The molecule has 0 radical (unpaired) electrons. The largest absolute Gasteiger partial charge is 0.490 e. The lowest BCUT2D eigenvalue weighted by Gasteiger charge is -2.29. The van der Waals surface area contributed by atoms with E-state index in [0.717, 1.165) is 32.3 Å². The summed E-state index contributed by atoms with van der Waals surface area (Å²) in [6.45, 7) is 3.90. The zero-order chi connectivity index (χ0) is 22.1. The van der Waals surface area contributed by atoms with E-state index in [1.807, 2.05) is 42.0 Å². The van der Waals surface area contributed by atoms with E-state index in [9.17, 15) is 4.79 Å². The smallest absolute Gasteiger partial charge is 0.224 e. The third kappa shape index (κ3) is 4.49. The van der Waals surface area contributed by atoms with Crippen molar-refractivity contribution in [2.45, 2.75) is 16.7 Å². The number of hydrogen-bond acceptors (Lipinski definition) is 9. The van der Waals surface area contributed by atoms with E-state index in [1.54, 1.807) is 35.1 Å². The number of carbonyl (C=O) groups excluding carboxylic acids is 1. The molecule has 0 bridgehead atoms. The molecule has 7 nitrogen and oxygen atoms in total. The maximum Gasteiger partial charge on any atom is 0.224 e. The van der Waals surface area contributed by atoms with Crippen molar-refractivity contribution in [3.05, 3.63) is 53.7 Å². The Morgan fingerprint density at radius 1 is 1.25 bits per heavy atom. The van der Waals surface area contributed by atoms with Crippen molar-refractivity contribution in [1.82, 2.24) is 14.0 Å². The van der Waals surface area contributed by atoms with Crippen molar-refractivity contribution in [3.8, 4) is 5.75 Å². The van der Waals surface area contributed by atoms with Crippen molar-refractivity contribution in [2.24, 2.45) is 0 Å². The second-order valence-electron chi connectivity index (χ2n) is 7.39. The van der Waals surface area contributed by atoms with Crippen molar-refractivity contribution in [3.63, 3.8) is 0 Å². The van der Waals surface area contributed by atoms with Gasteiger partial charge in [-0.1, -0.05) is 0 Å². The molecule has 0 atom stereocenters. The van der Waals surface area contributed by atoms with Crippen LogP contribution in [-0.4, -0.2) is 47.1 Å². The summed E-state index contributed by atoms with van der Waals surface area (Å²) < 4.78 is 12.3. The fourth-order valence-electron chi connectivity index (χ4n) is 3.61. The number of anilines is 1. The molecular formula is C22H21N5O2S3. The quantitative estimate of drug-likeness (QED) is 0.515. The molecule has 1 aromatic heterocycles. The SMILES string of the molecule is CC(=O)N1CCOc2ccc(SN3CC(=N)/C(=C\NSc4ccc5ncsc5c4)C3)cc21. The lowest BCUT2D eigenvalue weighted by molar-refractivity contribution is -0.116. The normalized spacial score (nSPS) is 17.6. The number of nitrogens with one attached hydrogen (secondary N) is 2. The van der Waals surface area contributed by atoms with Gasteiger partial charge >= 0.3 is 0 Å². The first-order valence-corrected chi connectivity index (χ1v) is 12.5. The number of rotatable bonds is 5. The minimum Gasteiger partial charge on any atom is -0.490 e.